The van der Waals surface area contributed by atoms with Gasteiger partial charge in [0, 0.05) is 19.3 Å². The van der Waals surface area contributed by atoms with Crippen molar-refractivity contribution in [3.8, 4) is 0 Å². The van der Waals surface area contributed by atoms with Crippen LogP contribution in [0.25, 0.3) is 0 Å². The fourth-order valence-corrected chi connectivity index (χ4v) is 2.68. The first-order chi connectivity index (χ1) is 7.20. The van der Waals surface area contributed by atoms with E-state index in [-0.39, 0.29) is 0 Å². The van der Waals surface area contributed by atoms with E-state index in [9.17, 15) is 0 Å². The van der Waals surface area contributed by atoms with Gasteiger partial charge in [-0.3, -0.25) is 4.68 Å². The standard InChI is InChI=1S/C12H21N3/c1-9-4-5-11(13-2)6-12(9)10-7-14-15(3)8-10/h7-9,11-13H,4-6H2,1-3H3. The maximum absolute atomic E-state index is 4.27. The van der Waals surface area contributed by atoms with Gasteiger partial charge in [0.05, 0.1) is 6.20 Å². The SMILES string of the molecule is CNC1CCC(C)C(c2cnn(C)c2)C1. The molecule has 0 saturated heterocycles. The van der Waals surface area contributed by atoms with E-state index in [1.807, 2.05) is 17.9 Å². The monoisotopic (exact) mass is 207 g/mol. The van der Waals surface area contributed by atoms with Crippen molar-refractivity contribution in [2.75, 3.05) is 7.05 Å². The zero-order valence-electron chi connectivity index (χ0n) is 9.90. The molecule has 0 amide bonds. The summed E-state index contributed by atoms with van der Waals surface area (Å²) in [7, 11) is 4.06. The third-order valence-electron chi connectivity index (χ3n) is 3.76. The largest absolute Gasteiger partial charge is 0.317 e. The number of aromatic nitrogens is 2. The van der Waals surface area contributed by atoms with Crippen molar-refractivity contribution in [3.63, 3.8) is 0 Å². The average molecular weight is 207 g/mol. The van der Waals surface area contributed by atoms with E-state index in [2.05, 4.69) is 30.6 Å². The molecule has 0 bridgehead atoms. The minimum Gasteiger partial charge on any atom is -0.317 e. The van der Waals surface area contributed by atoms with Gasteiger partial charge in [-0.05, 0) is 43.7 Å². The van der Waals surface area contributed by atoms with E-state index in [0.717, 1.165) is 5.92 Å². The highest BCUT2D eigenvalue weighted by molar-refractivity contribution is 5.14. The molecule has 1 saturated carbocycles. The molecule has 84 valence electrons. The van der Waals surface area contributed by atoms with Gasteiger partial charge < -0.3 is 5.32 Å². The Morgan fingerprint density at radius 3 is 2.87 bits per heavy atom. The van der Waals surface area contributed by atoms with Gasteiger partial charge in [0.15, 0.2) is 0 Å². The normalized spacial score (nSPS) is 31.8. The van der Waals surface area contributed by atoms with Crippen molar-refractivity contribution in [1.29, 1.82) is 0 Å². The highest BCUT2D eigenvalue weighted by atomic mass is 15.2. The fourth-order valence-electron chi connectivity index (χ4n) is 2.68. The zero-order chi connectivity index (χ0) is 10.8. The number of hydrogen-bond donors (Lipinski definition) is 1. The van der Waals surface area contributed by atoms with E-state index in [0.29, 0.717) is 12.0 Å². The third kappa shape index (κ3) is 2.23. The molecule has 1 aliphatic rings. The van der Waals surface area contributed by atoms with Crippen LogP contribution in [-0.2, 0) is 7.05 Å². The first kappa shape index (κ1) is 10.7. The fraction of sp³-hybridized carbons (Fsp3) is 0.750. The molecule has 3 atom stereocenters. The van der Waals surface area contributed by atoms with Crippen LogP contribution in [0.3, 0.4) is 0 Å². The molecule has 0 spiro atoms. The van der Waals surface area contributed by atoms with Crippen LogP contribution in [0, 0.1) is 5.92 Å². The number of rotatable bonds is 2. The summed E-state index contributed by atoms with van der Waals surface area (Å²) in [6.07, 6.45) is 8.08. The summed E-state index contributed by atoms with van der Waals surface area (Å²) in [5.41, 5.74) is 1.41. The van der Waals surface area contributed by atoms with Crippen LogP contribution in [-0.4, -0.2) is 22.9 Å². The molecule has 1 heterocycles. The second-order valence-corrected chi connectivity index (χ2v) is 4.83. The van der Waals surface area contributed by atoms with Crippen LogP contribution in [0.2, 0.25) is 0 Å². The van der Waals surface area contributed by atoms with Gasteiger partial charge in [0.25, 0.3) is 0 Å². The predicted molar refractivity (Wildman–Crippen MR) is 61.8 cm³/mol. The third-order valence-corrected chi connectivity index (χ3v) is 3.76. The lowest BCUT2D eigenvalue weighted by atomic mass is 9.75. The molecule has 1 fully saturated rings. The molecule has 3 unspecified atom stereocenters. The minimum absolute atomic E-state index is 0.685. The van der Waals surface area contributed by atoms with Gasteiger partial charge in [0.2, 0.25) is 0 Å². The van der Waals surface area contributed by atoms with Gasteiger partial charge in [-0.15, -0.1) is 0 Å². The number of nitrogens with one attached hydrogen (secondary N) is 1. The molecule has 3 nitrogen and oxygen atoms in total. The molecule has 0 aromatic carbocycles. The molecule has 3 heteroatoms. The van der Waals surface area contributed by atoms with E-state index >= 15 is 0 Å². The zero-order valence-corrected chi connectivity index (χ0v) is 9.90. The topological polar surface area (TPSA) is 29.9 Å². The van der Waals surface area contributed by atoms with Gasteiger partial charge in [0.1, 0.15) is 0 Å². The molecule has 1 aromatic heterocycles. The number of aryl methyl sites for hydroxylation is 1. The summed E-state index contributed by atoms with van der Waals surface area (Å²) in [6.45, 7) is 2.36. The highest BCUT2D eigenvalue weighted by Gasteiger charge is 2.28. The lowest BCUT2D eigenvalue weighted by Gasteiger charge is -2.33. The van der Waals surface area contributed by atoms with Crippen LogP contribution in [0.1, 0.15) is 37.7 Å². The Morgan fingerprint density at radius 1 is 1.47 bits per heavy atom. The van der Waals surface area contributed by atoms with Crippen LogP contribution in [0.4, 0.5) is 0 Å². The van der Waals surface area contributed by atoms with Gasteiger partial charge in [-0.1, -0.05) is 6.92 Å². The maximum atomic E-state index is 4.27. The summed E-state index contributed by atoms with van der Waals surface area (Å²) in [5, 5.41) is 7.68. The lowest BCUT2D eigenvalue weighted by Crippen LogP contribution is -2.33. The predicted octanol–water partition coefficient (Wildman–Crippen LogP) is 1.91. The summed E-state index contributed by atoms with van der Waals surface area (Å²) >= 11 is 0. The van der Waals surface area contributed by atoms with Crippen molar-refractivity contribution in [3.05, 3.63) is 18.0 Å². The number of nitrogens with zero attached hydrogens (tertiary/aromatic N) is 2. The van der Waals surface area contributed by atoms with E-state index in [4.69, 9.17) is 0 Å². The smallest absolute Gasteiger partial charge is 0.0524 e. The Bertz CT molecular complexity index is 318. The van der Waals surface area contributed by atoms with E-state index in [1.165, 1.54) is 24.8 Å². The van der Waals surface area contributed by atoms with Crippen LogP contribution in [0.5, 0.6) is 0 Å². The summed E-state index contributed by atoms with van der Waals surface area (Å²) in [5.74, 6) is 1.48. The molecule has 0 aliphatic heterocycles. The molecule has 1 N–H and O–H groups in total. The van der Waals surface area contributed by atoms with Crippen molar-refractivity contribution >= 4 is 0 Å². The molecule has 15 heavy (non-hydrogen) atoms. The maximum Gasteiger partial charge on any atom is 0.0524 e. The van der Waals surface area contributed by atoms with Gasteiger partial charge in [-0.2, -0.15) is 5.10 Å². The van der Waals surface area contributed by atoms with Crippen molar-refractivity contribution in [2.45, 2.75) is 38.1 Å². The van der Waals surface area contributed by atoms with Crippen LogP contribution >= 0.6 is 0 Å². The second-order valence-electron chi connectivity index (χ2n) is 4.83. The minimum atomic E-state index is 0.685. The first-order valence-electron chi connectivity index (χ1n) is 5.86. The molecular formula is C12H21N3. The van der Waals surface area contributed by atoms with Crippen molar-refractivity contribution in [1.82, 2.24) is 15.1 Å². The van der Waals surface area contributed by atoms with Crippen LogP contribution < -0.4 is 5.32 Å². The Morgan fingerprint density at radius 2 is 2.27 bits per heavy atom. The van der Waals surface area contributed by atoms with Crippen LogP contribution in [0.15, 0.2) is 12.4 Å². The summed E-state index contributed by atoms with van der Waals surface area (Å²) in [4.78, 5) is 0. The Labute approximate surface area is 91.9 Å². The molecule has 1 aliphatic carbocycles. The van der Waals surface area contributed by atoms with E-state index in [1.54, 1.807) is 0 Å². The average Bonchev–Trinajstić information content (AvgIpc) is 2.65. The van der Waals surface area contributed by atoms with Crippen molar-refractivity contribution < 1.29 is 0 Å². The molecule has 0 radical (unpaired) electrons. The lowest BCUT2D eigenvalue weighted by molar-refractivity contribution is 0.277. The van der Waals surface area contributed by atoms with Gasteiger partial charge in [-0.25, -0.2) is 0 Å². The highest BCUT2D eigenvalue weighted by Crippen LogP contribution is 2.37. The first-order valence-corrected chi connectivity index (χ1v) is 5.86. The Balaban J connectivity index is 2.12. The van der Waals surface area contributed by atoms with Gasteiger partial charge >= 0.3 is 0 Å². The van der Waals surface area contributed by atoms with Crippen molar-refractivity contribution in [2.24, 2.45) is 13.0 Å². The quantitative estimate of drug-likeness (QED) is 0.803. The van der Waals surface area contributed by atoms with E-state index < -0.39 is 0 Å². The molecule has 1 aromatic rings. The second kappa shape index (κ2) is 4.35. The Hall–Kier alpha value is -0.830. The molecule has 2 rings (SSSR count). The summed E-state index contributed by atoms with van der Waals surface area (Å²) in [6, 6.07) is 0.686. The number of hydrogen-bond acceptors (Lipinski definition) is 2. The summed E-state index contributed by atoms with van der Waals surface area (Å²) < 4.78 is 1.91. The Kier molecular flexibility index (Phi) is 3.10. The molecular weight excluding hydrogens is 186 g/mol.